The molecule has 1 unspecified atom stereocenters. The summed E-state index contributed by atoms with van der Waals surface area (Å²) >= 11 is 5.99. The fraction of sp³-hybridized carbons (Fsp3) is 0.667. The number of hydrogen-bond donors (Lipinski definition) is 3. The van der Waals surface area contributed by atoms with Gasteiger partial charge in [-0.25, -0.2) is 18.7 Å². The van der Waals surface area contributed by atoms with Gasteiger partial charge in [-0.15, -0.1) is 0 Å². The molecule has 0 radical (unpaired) electrons. The van der Waals surface area contributed by atoms with Crippen LogP contribution in [0.25, 0.3) is 0 Å². The van der Waals surface area contributed by atoms with E-state index in [9.17, 15) is 18.4 Å². The van der Waals surface area contributed by atoms with E-state index >= 15 is 0 Å². The minimum atomic E-state index is -2.61. The van der Waals surface area contributed by atoms with Crippen molar-refractivity contribution in [3.63, 3.8) is 0 Å². The van der Waals surface area contributed by atoms with Crippen LogP contribution >= 0.6 is 11.6 Å². The lowest BCUT2D eigenvalue weighted by Crippen LogP contribution is -2.48. The molecule has 2 aliphatic rings. The number of anilines is 1. The van der Waals surface area contributed by atoms with Gasteiger partial charge in [0.25, 0.3) is 5.56 Å². The molecule has 25 heavy (non-hydrogen) atoms. The quantitative estimate of drug-likeness (QED) is 0.752. The fourth-order valence-electron chi connectivity index (χ4n) is 3.29. The highest BCUT2D eigenvalue weighted by Crippen LogP contribution is 2.33. The minimum Gasteiger partial charge on any atom is -0.367 e. The maximum atomic E-state index is 13.1. The monoisotopic (exact) mass is 375 g/mol. The molecule has 1 aliphatic heterocycles. The highest BCUT2D eigenvalue weighted by atomic mass is 35.5. The molecule has 1 aromatic heterocycles. The summed E-state index contributed by atoms with van der Waals surface area (Å²) < 4.78 is 26.3. The lowest BCUT2D eigenvalue weighted by molar-refractivity contribution is -0.0395. The van der Waals surface area contributed by atoms with Crippen molar-refractivity contribution in [3.8, 4) is 0 Å². The summed E-state index contributed by atoms with van der Waals surface area (Å²) in [6.45, 7) is 1.13. The number of H-pyrrole nitrogens is 1. The average molecular weight is 376 g/mol. The molecule has 3 N–H and O–H groups in total. The molecular weight excluding hydrogens is 356 g/mol. The van der Waals surface area contributed by atoms with Gasteiger partial charge in [-0.2, -0.15) is 5.10 Å². The molecule has 1 aliphatic carbocycles. The summed E-state index contributed by atoms with van der Waals surface area (Å²) in [6.07, 6.45) is 2.36. The summed E-state index contributed by atoms with van der Waals surface area (Å²) in [5.41, 5.74) is 0.0760. The molecule has 0 aromatic carbocycles. The first kappa shape index (κ1) is 17.9. The van der Waals surface area contributed by atoms with Gasteiger partial charge in [0.15, 0.2) is 0 Å². The van der Waals surface area contributed by atoms with Crippen molar-refractivity contribution in [2.75, 3.05) is 18.0 Å². The third-order valence-corrected chi connectivity index (χ3v) is 5.06. The second kappa shape index (κ2) is 7.15. The predicted octanol–water partition coefficient (Wildman–Crippen LogP) is 1.88. The van der Waals surface area contributed by atoms with E-state index in [0.717, 1.165) is 0 Å². The van der Waals surface area contributed by atoms with Crippen LogP contribution in [0, 0.1) is 0 Å². The Morgan fingerprint density at radius 3 is 2.68 bits per heavy atom. The first-order valence-corrected chi connectivity index (χ1v) is 8.65. The zero-order valence-corrected chi connectivity index (χ0v) is 14.3. The number of nitrogens with zero attached hydrogens (tertiary/aromatic N) is 2. The molecule has 138 valence electrons. The molecule has 10 heteroatoms. The molecule has 0 spiro atoms. The van der Waals surface area contributed by atoms with Crippen molar-refractivity contribution in [2.24, 2.45) is 0 Å². The molecule has 2 heterocycles. The first-order valence-electron chi connectivity index (χ1n) is 8.27. The van der Waals surface area contributed by atoms with E-state index in [2.05, 4.69) is 20.8 Å². The largest absolute Gasteiger partial charge is 0.367 e. The van der Waals surface area contributed by atoms with E-state index in [-0.39, 0.29) is 48.8 Å². The van der Waals surface area contributed by atoms with Gasteiger partial charge in [-0.05, 0) is 19.3 Å². The van der Waals surface area contributed by atoms with Crippen LogP contribution in [0.15, 0.2) is 11.0 Å². The maximum absolute atomic E-state index is 13.1. The summed E-state index contributed by atoms with van der Waals surface area (Å²) in [5, 5.41) is 11.7. The molecule has 3 rings (SSSR count). The average Bonchev–Trinajstić information content (AvgIpc) is 3.00. The van der Waals surface area contributed by atoms with Gasteiger partial charge < -0.3 is 15.5 Å². The van der Waals surface area contributed by atoms with E-state index in [4.69, 9.17) is 11.6 Å². The van der Waals surface area contributed by atoms with Gasteiger partial charge in [0.05, 0.1) is 11.9 Å². The summed E-state index contributed by atoms with van der Waals surface area (Å²) in [7, 11) is 0. The Kier molecular flexibility index (Phi) is 5.12. The number of aromatic amines is 1. The minimum absolute atomic E-state index is 0.0724. The van der Waals surface area contributed by atoms with Gasteiger partial charge in [-0.1, -0.05) is 11.6 Å². The van der Waals surface area contributed by atoms with Crippen LogP contribution in [0.1, 0.15) is 32.1 Å². The summed E-state index contributed by atoms with van der Waals surface area (Å²) in [4.78, 5) is 25.5. The lowest BCUT2D eigenvalue weighted by Gasteiger charge is -2.29. The second-order valence-corrected chi connectivity index (χ2v) is 6.96. The van der Waals surface area contributed by atoms with Gasteiger partial charge >= 0.3 is 6.03 Å². The highest BCUT2D eigenvalue weighted by molar-refractivity contribution is 6.33. The number of rotatable bonds is 3. The fourth-order valence-corrected chi connectivity index (χ4v) is 3.50. The van der Waals surface area contributed by atoms with Crippen molar-refractivity contribution in [3.05, 3.63) is 21.6 Å². The second-order valence-electron chi connectivity index (χ2n) is 6.58. The number of aromatic nitrogens is 2. The van der Waals surface area contributed by atoms with Gasteiger partial charge in [-0.3, -0.25) is 4.79 Å². The maximum Gasteiger partial charge on any atom is 0.315 e. The third kappa shape index (κ3) is 4.39. The Bertz CT molecular complexity index is 689. The summed E-state index contributed by atoms with van der Waals surface area (Å²) in [5.74, 6) is -2.61. The van der Waals surface area contributed by atoms with Crippen LogP contribution < -0.4 is 21.1 Å². The van der Waals surface area contributed by atoms with E-state index in [1.807, 2.05) is 4.90 Å². The standard InChI is InChI=1S/C15H20ClF2N5O2/c16-12-11(7-19-22-13(12)24)23-6-3-10(8-23)21-14(25)20-9-1-4-15(17,18)5-2-9/h7,9-10H,1-6,8H2,(H,22,24)(H2,20,21,25). The molecule has 1 saturated heterocycles. The van der Waals surface area contributed by atoms with Crippen LogP contribution in [-0.4, -0.2) is 47.3 Å². The van der Waals surface area contributed by atoms with E-state index in [1.165, 1.54) is 6.20 Å². The normalized spacial score (nSPS) is 23.5. The van der Waals surface area contributed by atoms with E-state index in [1.54, 1.807) is 0 Å². The van der Waals surface area contributed by atoms with E-state index in [0.29, 0.717) is 25.2 Å². The Labute approximate surface area is 148 Å². The molecule has 7 nitrogen and oxygen atoms in total. The molecule has 0 bridgehead atoms. The van der Waals surface area contributed by atoms with Crippen molar-refractivity contribution < 1.29 is 13.6 Å². The zero-order chi connectivity index (χ0) is 18.0. The number of urea groups is 1. The van der Waals surface area contributed by atoms with Crippen LogP contribution in [0.5, 0.6) is 0 Å². The van der Waals surface area contributed by atoms with Gasteiger partial charge in [0.2, 0.25) is 5.92 Å². The number of amides is 2. The Morgan fingerprint density at radius 1 is 1.28 bits per heavy atom. The third-order valence-electron chi connectivity index (χ3n) is 4.69. The Balaban J connectivity index is 1.49. The molecule has 1 saturated carbocycles. The topological polar surface area (TPSA) is 90.1 Å². The van der Waals surface area contributed by atoms with Crippen LogP contribution in [0.4, 0.5) is 19.3 Å². The zero-order valence-electron chi connectivity index (χ0n) is 13.5. The molecule has 2 fully saturated rings. The summed E-state index contributed by atoms with van der Waals surface area (Å²) in [6, 6.07) is -0.680. The molecular formula is C15H20ClF2N5O2. The first-order chi connectivity index (χ1) is 11.8. The van der Waals surface area contributed by atoms with Gasteiger partial charge in [0, 0.05) is 38.0 Å². The number of alkyl halides is 2. The molecule has 1 atom stereocenters. The van der Waals surface area contributed by atoms with E-state index < -0.39 is 11.5 Å². The highest BCUT2D eigenvalue weighted by Gasteiger charge is 2.35. The van der Waals surface area contributed by atoms with Crippen molar-refractivity contribution >= 4 is 23.3 Å². The predicted molar refractivity (Wildman–Crippen MR) is 89.4 cm³/mol. The lowest BCUT2D eigenvalue weighted by atomic mass is 9.92. The number of nitrogens with one attached hydrogen (secondary N) is 3. The van der Waals surface area contributed by atoms with Crippen LogP contribution in [0.2, 0.25) is 5.02 Å². The van der Waals surface area contributed by atoms with Crippen LogP contribution in [-0.2, 0) is 0 Å². The molecule has 2 amide bonds. The smallest absolute Gasteiger partial charge is 0.315 e. The Hall–Kier alpha value is -1.90. The SMILES string of the molecule is O=C(NC1CCC(F)(F)CC1)NC1CCN(c2cn[nH]c(=O)c2Cl)C1. The van der Waals surface area contributed by atoms with Gasteiger partial charge in [0.1, 0.15) is 5.02 Å². The van der Waals surface area contributed by atoms with Crippen molar-refractivity contribution in [2.45, 2.75) is 50.1 Å². The number of halogens is 3. The Morgan fingerprint density at radius 2 is 1.96 bits per heavy atom. The van der Waals surface area contributed by atoms with Crippen LogP contribution in [0.3, 0.4) is 0 Å². The van der Waals surface area contributed by atoms with Crippen molar-refractivity contribution in [1.82, 2.24) is 20.8 Å². The number of carbonyl (C=O) groups is 1. The molecule has 1 aromatic rings. The number of carbonyl (C=O) groups excluding carboxylic acids is 1. The van der Waals surface area contributed by atoms with Crippen molar-refractivity contribution in [1.29, 1.82) is 0 Å². The number of hydrogen-bond acceptors (Lipinski definition) is 4.